The number of carbonyl (C=O) groups excluding carboxylic acids is 1. The number of benzene rings is 2. The van der Waals surface area contributed by atoms with Gasteiger partial charge in [-0.3, -0.25) is 4.79 Å². The Bertz CT molecular complexity index is 1070. The van der Waals surface area contributed by atoms with Crippen molar-refractivity contribution in [3.8, 4) is 40.1 Å². The third-order valence-electron chi connectivity index (χ3n) is 5.27. The van der Waals surface area contributed by atoms with E-state index in [1.54, 1.807) is 30.3 Å². The van der Waals surface area contributed by atoms with Crippen LogP contribution in [0.2, 0.25) is 0 Å². The molecule has 1 N–H and O–H groups in total. The number of amides is 1. The zero-order valence-corrected chi connectivity index (χ0v) is 18.2. The third kappa shape index (κ3) is 4.38. The molecule has 2 heterocycles. The molecule has 0 bridgehead atoms. The van der Waals surface area contributed by atoms with Crippen LogP contribution in [-0.4, -0.2) is 56.6 Å². The van der Waals surface area contributed by atoms with E-state index in [1.165, 1.54) is 21.3 Å². The first-order valence-corrected chi connectivity index (χ1v) is 10.3. The molecule has 1 saturated heterocycles. The summed E-state index contributed by atoms with van der Waals surface area (Å²) in [7, 11) is 4.61. The van der Waals surface area contributed by atoms with E-state index in [9.17, 15) is 4.79 Å². The molecule has 1 aromatic heterocycles. The molecule has 0 radical (unpaired) electrons. The average Bonchev–Trinajstić information content (AvgIpc) is 3.54. The van der Waals surface area contributed by atoms with Gasteiger partial charge in [0.1, 0.15) is 0 Å². The molecule has 168 valence electrons. The minimum Gasteiger partial charge on any atom is -0.493 e. The van der Waals surface area contributed by atoms with E-state index < -0.39 is 0 Å². The van der Waals surface area contributed by atoms with Crippen LogP contribution in [0, 0.1) is 0 Å². The summed E-state index contributed by atoms with van der Waals surface area (Å²) in [5.41, 5.74) is 1.61. The molecule has 9 heteroatoms. The van der Waals surface area contributed by atoms with Crippen molar-refractivity contribution in [1.29, 1.82) is 0 Å². The number of rotatable bonds is 8. The maximum atomic E-state index is 12.8. The molecule has 32 heavy (non-hydrogen) atoms. The molecular weight excluding hydrogens is 414 g/mol. The molecule has 1 amide bonds. The molecule has 1 aliphatic rings. The van der Waals surface area contributed by atoms with E-state index >= 15 is 0 Å². The van der Waals surface area contributed by atoms with Crippen LogP contribution in [0.1, 0.15) is 23.2 Å². The Morgan fingerprint density at radius 3 is 2.53 bits per heavy atom. The molecule has 2 aromatic carbocycles. The smallest absolute Gasteiger partial charge is 0.259 e. The summed E-state index contributed by atoms with van der Waals surface area (Å²) in [5.74, 6) is 1.76. The molecule has 1 aliphatic heterocycles. The molecule has 0 aliphatic carbocycles. The summed E-state index contributed by atoms with van der Waals surface area (Å²) in [5, 5.41) is 7.02. The lowest BCUT2D eigenvalue weighted by molar-refractivity contribution is 0.0858. The van der Waals surface area contributed by atoms with Crippen molar-refractivity contribution in [3.63, 3.8) is 0 Å². The SMILES string of the molecule is COc1cc(-c2noc(-c3ccccc3C(=O)NCC3CCCO3)n2)cc(OC)c1OC. The first-order chi connectivity index (χ1) is 15.6. The van der Waals surface area contributed by atoms with Gasteiger partial charge in [-0.2, -0.15) is 4.98 Å². The van der Waals surface area contributed by atoms with Gasteiger partial charge >= 0.3 is 0 Å². The molecule has 1 fully saturated rings. The highest BCUT2D eigenvalue weighted by Gasteiger charge is 2.22. The van der Waals surface area contributed by atoms with Gasteiger partial charge in [0.25, 0.3) is 11.8 Å². The highest BCUT2D eigenvalue weighted by molar-refractivity contribution is 6.00. The van der Waals surface area contributed by atoms with Gasteiger partial charge < -0.3 is 28.8 Å². The number of carbonyl (C=O) groups is 1. The van der Waals surface area contributed by atoms with Crippen LogP contribution in [0.25, 0.3) is 22.8 Å². The summed E-state index contributed by atoms with van der Waals surface area (Å²) >= 11 is 0. The standard InChI is InChI=1S/C23H25N3O6/c1-28-18-11-14(12-19(29-2)20(18)30-3)21-25-23(32-26-21)17-9-5-4-8-16(17)22(27)24-13-15-7-6-10-31-15/h4-5,8-9,11-12,15H,6-7,10,13H2,1-3H3,(H,24,27). The van der Waals surface area contributed by atoms with Crippen molar-refractivity contribution in [2.45, 2.75) is 18.9 Å². The highest BCUT2D eigenvalue weighted by atomic mass is 16.5. The maximum absolute atomic E-state index is 12.8. The van der Waals surface area contributed by atoms with Gasteiger partial charge in [-0.05, 0) is 37.1 Å². The molecule has 9 nitrogen and oxygen atoms in total. The Morgan fingerprint density at radius 2 is 1.88 bits per heavy atom. The number of aromatic nitrogens is 2. The van der Waals surface area contributed by atoms with Gasteiger partial charge in [0.2, 0.25) is 11.6 Å². The lowest BCUT2D eigenvalue weighted by atomic mass is 10.1. The minimum absolute atomic E-state index is 0.0566. The fourth-order valence-corrected chi connectivity index (χ4v) is 3.64. The van der Waals surface area contributed by atoms with Crippen LogP contribution in [0.3, 0.4) is 0 Å². The third-order valence-corrected chi connectivity index (χ3v) is 5.27. The van der Waals surface area contributed by atoms with Crippen molar-refractivity contribution in [3.05, 3.63) is 42.0 Å². The van der Waals surface area contributed by atoms with Crippen LogP contribution < -0.4 is 19.5 Å². The van der Waals surface area contributed by atoms with Crippen LogP contribution in [-0.2, 0) is 4.74 Å². The average molecular weight is 439 g/mol. The monoisotopic (exact) mass is 439 g/mol. The first kappa shape index (κ1) is 21.6. The molecule has 3 aromatic rings. The van der Waals surface area contributed by atoms with E-state index in [4.69, 9.17) is 23.5 Å². The van der Waals surface area contributed by atoms with E-state index in [1.807, 2.05) is 6.07 Å². The number of methoxy groups -OCH3 is 3. The van der Waals surface area contributed by atoms with E-state index in [0.717, 1.165) is 19.4 Å². The number of ether oxygens (including phenoxy) is 4. The largest absolute Gasteiger partial charge is 0.493 e. The van der Waals surface area contributed by atoms with E-state index in [-0.39, 0.29) is 17.9 Å². The fourth-order valence-electron chi connectivity index (χ4n) is 3.64. The van der Waals surface area contributed by atoms with Gasteiger partial charge in [0.15, 0.2) is 11.5 Å². The zero-order chi connectivity index (χ0) is 22.5. The normalized spacial score (nSPS) is 15.4. The predicted molar refractivity (Wildman–Crippen MR) is 116 cm³/mol. The van der Waals surface area contributed by atoms with Crippen LogP contribution in [0.4, 0.5) is 0 Å². The van der Waals surface area contributed by atoms with Crippen LogP contribution in [0.15, 0.2) is 40.9 Å². The molecular formula is C23H25N3O6. The van der Waals surface area contributed by atoms with Gasteiger partial charge in [-0.1, -0.05) is 17.3 Å². The zero-order valence-electron chi connectivity index (χ0n) is 18.2. The topological polar surface area (TPSA) is 105 Å². The second-order valence-electron chi connectivity index (χ2n) is 7.23. The summed E-state index contributed by atoms with van der Waals surface area (Å²) in [6.07, 6.45) is 2.02. The molecule has 1 unspecified atom stereocenters. The van der Waals surface area contributed by atoms with Crippen molar-refractivity contribution < 1.29 is 28.3 Å². The Morgan fingerprint density at radius 1 is 1.12 bits per heavy atom. The van der Waals surface area contributed by atoms with Gasteiger partial charge in [-0.15, -0.1) is 0 Å². The van der Waals surface area contributed by atoms with Gasteiger partial charge in [0, 0.05) is 18.7 Å². The highest BCUT2D eigenvalue weighted by Crippen LogP contribution is 2.40. The Hall–Kier alpha value is -3.59. The lowest BCUT2D eigenvalue weighted by Crippen LogP contribution is -2.32. The molecule has 1 atom stereocenters. The van der Waals surface area contributed by atoms with Crippen LogP contribution in [0.5, 0.6) is 17.2 Å². The van der Waals surface area contributed by atoms with Crippen molar-refractivity contribution >= 4 is 5.91 Å². The quantitative estimate of drug-likeness (QED) is 0.570. The second kappa shape index (κ2) is 9.69. The van der Waals surface area contributed by atoms with Crippen LogP contribution >= 0.6 is 0 Å². The molecule has 0 saturated carbocycles. The molecule has 4 rings (SSSR count). The Kier molecular flexibility index (Phi) is 6.55. The van der Waals surface area contributed by atoms with Crippen molar-refractivity contribution in [2.75, 3.05) is 34.5 Å². The Labute approximate surface area is 185 Å². The van der Waals surface area contributed by atoms with Gasteiger partial charge in [-0.25, -0.2) is 0 Å². The van der Waals surface area contributed by atoms with Gasteiger partial charge in [0.05, 0.1) is 38.6 Å². The van der Waals surface area contributed by atoms with E-state index in [2.05, 4.69) is 15.5 Å². The Balaban J connectivity index is 1.61. The van der Waals surface area contributed by atoms with E-state index in [0.29, 0.717) is 46.3 Å². The maximum Gasteiger partial charge on any atom is 0.259 e. The predicted octanol–water partition coefficient (Wildman–Crippen LogP) is 3.34. The second-order valence-corrected chi connectivity index (χ2v) is 7.23. The summed E-state index contributed by atoms with van der Waals surface area (Å²) in [6.45, 7) is 1.20. The van der Waals surface area contributed by atoms with Crippen molar-refractivity contribution in [1.82, 2.24) is 15.5 Å². The summed E-state index contributed by atoms with van der Waals surface area (Å²) < 4.78 is 27.2. The first-order valence-electron chi connectivity index (χ1n) is 10.3. The number of nitrogens with one attached hydrogen (secondary N) is 1. The minimum atomic E-state index is -0.219. The molecule has 0 spiro atoms. The number of hydrogen-bond donors (Lipinski definition) is 1. The number of nitrogens with zero attached hydrogens (tertiary/aromatic N) is 2. The fraction of sp³-hybridized carbons (Fsp3) is 0.348. The summed E-state index contributed by atoms with van der Waals surface area (Å²) in [6, 6.07) is 10.6. The lowest BCUT2D eigenvalue weighted by Gasteiger charge is -2.12. The number of hydrogen-bond acceptors (Lipinski definition) is 8. The van der Waals surface area contributed by atoms with Crippen molar-refractivity contribution in [2.24, 2.45) is 0 Å². The summed E-state index contributed by atoms with van der Waals surface area (Å²) in [4.78, 5) is 17.3.